The van der Waals surface area contributed by atoms with Crippen LogP contribution < -0.4 is 14.9 Å². The molecule has 1 aliphatic carbocycles. The average molecular weight is 476 g/mol. The second-order valence-corrected chi connectivity index (χ2v) is 10.3. The summed E-state index contributed by atoms with van der Waals surface area (Å²) in [6, 6.07) is 10.2. The van der Waals surface area contributed by atoms with Crippen LogP contribution in [0.4, 0.5) is 11.4 Å². The smallest absolute Gasteiger partial charge is 0.240 e. The summed E-state index contributed by atoms with van der Waals surface area (Å²) in [6.45, 7) is 0.619. The molecule has 1 heterocycles. The van der Waals surface area contributed by atoms with Gasteiger partial charge in [0.15, 0.2) is 0 Å². The van der Waals surface area contributed by atoms with Crippen LogP contribution in [-0.2, 0) is 32.5 Å². The van der Waals surface area contributed by atoms with Gasteiger partial charge in [-0.2, -0.15) is 0 Å². The van der Waals surface area contributed by atoms with E-state index >= 15 is 0 Å². The first-order valence-corrected chi connectivity index (χ1v) is 12.7. The highest BCUT2D eigenvalue weighted by Gasteiger charge is 2.24. The van der Waals surface area contributed by atoms with Gasteiger partial charge in [-0.25, -0.2) is 13.1 Å². The Kier molecular flexibility index (Phi) is 6.83. The number of nitrogens with one attached hydrogen (secondary N) is 2. The number of halogens is 1. The van der Waals surface area contributed by atoms with Crippen LogP contribution in [0.2, 0.25) is 5.02 Å². The molecule has 1 aliphatic heterocycles. The summed E-state index contributed by atoms with van der Waals surface area (Å²) in [5, 5.41) is 3.10. The molecular formula is C23H26ClN3O4S. The predicted octanol–water partition coefficient (Wildman–Crippen LogP) is 3.65. The molecule has 0 aromatic heterocycles. The van der Waals surface area contributed by atoms with Crippen molar-refractivity contribution >= 4 is 44.8 Å². The van der Waals surface area contributed by atoms with Crippen molar-refractivity contribution < 1.29 is 18.0 Å². The largest absolute Gasteiger partial charge is 0.326 e. The molecule has 7 nitrogen and oxygen atoms in total. The van der Waals surface area contributed by atoms with Gasteiger partial charge in [0.1, 0.15) is 0 Å². The summed E-state index contributed by atoms with van der Waals surface area (Å²) in [4.78, 5) is 26.1. The molecule has 2 aromatic carbocycles. The summed E-state index contributed by atoms with van der Waals surface area (Å²) in [5.41, 5.74) is 3.43. The molecule has 0 atom stereocenters. The highest BCUT2D eigenvalue weighted by atomic mass is 35.5. The van der Waals surface area contributed by atoms with Crippen LogP contribution >= 0.6 is 11.6 Å². The predicted molar refractivity (Wildman–Crippen MR) is 125 cm³/mol. The van der Waals surface area contributed by atoms with Crippen LogP contribution in [0.25, 0.3) is 0 Å². The SMILES string of the molecule is O=C(CCNS(=O)(=O)c1ccc2c(c1)CCCC2)Nc1ccc(N2CCCC2=O)c(Cl)c1. The standard InChI is InChI=1S/C23H26ClN3O4S/c24-20-15-18(8-10-21(20)27-13-3-6-23(27)29)26-22(28)11-12-25-32(30,31)19-9-7-16-4-1-2-5-17(16)14-19/h7-10,14-15,25H,1-6,11-13H2,(H,26,28). The molecule has 1 fully saturated rings. The first kappa shape index (κ1) is 22.8. The minimum Gasteiger partial charge on any atom is -0.326 e. The van der Waals surface area contributed by atoms with E-state index in [-0.39, 0.29) is 29.7 Å². The van der Waals surface area contributed by atoms with Crippen LogP contribution in [0, 0.1) is 0 Å². The van der Waals surface area contributed by atoms with E-state index in [1.54, 1.807) is 35.2 Å². The Morgan fingerprint density at radius 3 is 2.50 bits per heavy atom. The molecule has 4 rings (SSSR count). The van der Waals surface area contributed by atoms with Gasteiger partial charge in [0.25, 0.3) is 0 Å². The van der Waals surface area contributed by atoms with Crippen molar-refractivity contribution in [3.05, 3.63) is 52.5 Å². The quantitative estimate of drug-likeness (QED) is 0.638. The molecule has 0 radical (unpaired) electrons. The van der Waals surface area contributed by atoms with Crippen molar-refractivity contribution in [1.82, 2.24) is 4.72 Å². The Bertz CT molecular complexity index is 1150. The van der Waals surface area contributed by atoms with E-state index < -0.39 is 10.0 Å². The Labute approximate surface area is 193 Å². The lowest BCUT2D eigenvalue weighted by molar-refractivity contribution is -0.117. The van der Waals surface area contributed by atoms with Crippen molar-refractivity contribution in [3.63, 3.8) is 0 Å². The first-order valence-electron chi connectivity index (χ1n) is 10.8. The van der Waals surface area contributed by atoms with Gasteiger partial charge in [0.2, 0.25) is 21.8 Å². The molecule has 2 amide bonds. The second-order valence-electron chi connectivity index (χ2n) is 8.15. The van der Waals surface area contributed by atoms with E-state index in [9.17, 15) is 18.0 Å². The number of aryl methyl sites for hydroxylation is 2. The van der Waals surface area contributed by atoms with Gasteiger partial charge in [0, 0.05) is 31.6 Å². The number of hydrogen-bond donors (Lipinski definition) is 2. The second kappa shape index (κ2) is 9.60. The number of benzene rings is 2. The van der Waals surface area contributed by atoms with Gasteiger partial charge in [-0.3, -0.25) is 9.59 Å². The number of hydrogen-bond acceptors (Lipinski definition) is 4. The van der Waals surface area contributed by atoms with Gasteiger partial charge in [-0.05, 0) is 73.6 Å². The normalized spacial score (nSPS) is 16.2. The van der Waals surface area contributed by atoms with Gasteiger partial charge in [-0.15, -0.1) is 0 Å². The fourth-order valence-electron chi connectivity index (χ4n) is 4.19. The number of carbonyl (C=O) groups is 2. The maximum absolute atomic E-state index is 12.6. The zero-order chi connectivity index (χ0) is 22.7. The van der Waals surface area contributed by atoms with E-state index in [0.29, 0.717) is 29.4 Å². The molecule has 9 heteroatoms. The van der Waals surface area contributed by atoms with Gasteiger partial charge >= 0.3 is 0 Å². The van der Waals surface area contributed by atoms with Crippen LogP contribution in [0.5, 0.6) is 0 Å². The molecule has 0 unspecified atom stereocenters. The van der Waals surface area contributed by atoms with E-state index in [1.807, 2.05) is 6.07 Å². The van der Waals surface area contributed by atoms with Crippen molar-refractivity contribution in [2.45, 2.75) is 49.8 Å². The molecule has 0 saturated carbocycles. The number of sulfonamides is 1. The zero-order valence-corrected chi connectivity index (χ0v) is 19.3. The molecule has 0 spiro atoms. The molecule has 170 valence electrons. The molecule has 0 bridgehead atoms. The molecule has 2 aromatic rings. The molecule has 32 heavy (non-hydrogen) atoms. The topological polar surface area (TPSA) is 95.6 Å². The Hall–Kier alpha value is -2.42. The number of rotatable bonds is 7. The van der Waals surface area contributed by atoms with E-state index in [1.165, 1.54) is 5.56 Å². The van der Waals surface area contributed by atoms with Gasteiger partial charge < -0.3 is 10.2 Å². The van der Waals surface area contributed by atoms with E-state index in [0.717, 1.165) is 37.7 Å². The monoisotopic (exact) mass is 475 g/mol. The fourth-order valence-corrected chi connectivity index (χ4v) is 5.55. The van der Waals surface area contributed by atoms with Crippen LogP contribution in [0.15, 0.2) is 41.3 Å². The van der Waals surface area contributed by atoms with Crippen LogP contribution in [0.3, 0.4) is 0 Å². The summed E-state index contributed by atoms with van der Waals surface area (Å²) in [7, 11) is -3.68. The highest BCUT2D eigenvalue weighted by Crippen LogP contribution is 2.31. The number of nitrogens with zero attached hydrogens (tertiary/aromatic N) is 1. The number of anilines is 2. The summed E-state index contributed by atoms with van der Waals surface area (Å²) in [5.74, 6) is -0.297. The zero-order valence-electron chi connectivity index (χ0n) is 17.7. The minimum atomic E-state index is -3.68. The van der Waals surface area contributed by atoms with Gasteiger partial charge in [0.05, 0.1) is 15.6 Å². The maximum atomic E-state index is 12.6. The van der Waals surface area contributed by atoms with Crippen molar-refractivity contribution in [2.75, 3.05) is 23.3 Å². The van der Waals surface area contributed by atoms with Crippen molar-refractivity contribution in [1.29, 1.82) is 0 Å². The lowest BCUT2D eigenvalue weighted by atomic mass is 9.92. The van der Waals surface area contributed by atoms with Crippen molar-refractivity contribution in [2.24, 2.45) is 0 Å². The fraction of sp³-hybridized carbons (Fsp3) is 0.391. The summed E-state index contributed by atoms with van der Waals surface area (Å²) in [6.07, 6.45) is 5.39. The molecule has 2 N–H and O–H groups in total. The van der Waals surface area contributed by atoms with Crippen LogP contribution in [-0.4, -0.2) is 33.3 Å². The number of carbonyl (C=O) groups excluding carboxylic acids is 2. The lowest BCUT2D eigenvalue weighted by Gasteiger charge is -2.18. The average Bonchev–Trinajstić information content (AvgIpc) is 3.19. The lowest BCUT2D eigenvalue weighted by Crippen LogP contribution is -2.28. The van der Waals surface area contributed by atoms with Crippen molar-refractivity contribution in [3.8, 4) is 0 Å². The maximum Gasteiger partial charge on any atom is 0.240 e. The number of fused-ring (bicyclic) bond motifs is 1. The number of amides is 2. The summed E-state index contributed by atoms with van der Waals surface area (Å²) >= 11 is 6.30. The van der Waals surface area contributed by atoms with E-state index in [4.69, 9.17) is 11.6 Å². The third-order valence-electron chi connectivity index (χ3n) is 5.87. The Morgan fingerprint density at radius 2 is 1.78 bits per heavy atom. The van der Waals surface area contributed by atoms with Crippen LogP contribution in [0.1, 0.15) is 43.2 Å². The third kappa shape index (κ3) is 5.14. The highest BCUT2D eigenvalue weighted by molar-refractivity contribution is 7.89. The Morgan fingerprint density at radius 1 is 1.00 bits per heavy atom. The molecule has 2 aliphatic rings. The molecule has 1 saturated heterocycles. The molecular weight excluding hydrogens is 450 g/mol. The van der Waals surface area contributed by atoms with Gasteiger partial charge in [-0.1, -0.05) is 17.7 Å². The first-order chi connectivity index (χ1) is 15.3. The Balaban J connectivity index is 1.31. The summed E-state index contributed by atoms with van der Waals surface area (Å²) < 4.78 is 27.7. The minimum absolute atomic E-state index is 0.0145. The third-order valence-corrected chi connectivity index (χ3v) is 7.63. The van der Waals surface area contributed by atoms with E-state index in [2.05, 4.69) is 10.0 Å².